The Labute approximate surface area is 164 Å². The van der Waals surface area contributed by atoms with E-state index in [4.69, 9.17) is 0 Å². The molecule has 0 atom stereocenters. The van der Waals surface area contributed by atoms with E-state index in [9.17, 15) is 4.79 Å². The highest BCUT2D eigenvalue weighted by molar-refractivity contribution is 9.11. The maximum atomic E-state index is 12.4. The molecule has 0 aliphatic rings. The molecule has 6 heteroatoms. The van der Waals surface area contributed by atoms with Gasteiger partial charge in [-0.15, -0.1) is 22.7 Å². The van der Waals surface area contributed by atoms with E-state index in [1.807, 2.05) is 24.6 Å². The van der Waals surface area contributed by atoms with Crippen LogP contribution in [-0.4, -0.2) is 22.8 Å². The van der Waals surface area contributed by atoms with E-state index >= 15 is 0 Å². The Hall–Kier alpha value is -1.50. The number of aryl methyl sites for hydroxylation is 1. The van der Waals surface area contributed by atoms with Gasteiger partial charge < -0.3 is 4.90 Å². The summed E-state index contributed by atoms with van der Waals surface area (Å²) in [6.07, 6.45) is 1.37. The Bertz CT molecular complexity index is 854. The normalized spacial score (nSPS) is 10.8. The third kappa shape index (κ3) is 4.77. The number of carbonyl (C=O) groups excluding carboxylic acids is 1. The number of halogens is 1. The second-order valence-electron chi connectivity index (χ2n) is 5.83. The van der Waals surface area contributed by atoms with Crippen LogP contribution in [0, 0.1) is 0 Å². The monoisotopic (exact) mass is 434 g/mol. The quantitative estimate of drug-likeness (QED) is 0.520. The lowest BCUT2D eigenvalue weighted by Crippen LogP contribution is -2.27. The zero-order chi connectivity index (χ0) is 17.8. The number of rotatable bonds is 6. The van der Waals surface area contributed by atoms with Crippen molar-refractivity contribution >= 4 is 44.5 Å². The first-order valence-electron chi connectivity index (χ1n) is 8.07. The number of thiazole rings is 1. The standard InChI is InChI=1S/C19H19BrN2OS2/c1-3-13-4-6-14(7-5-13)19-21-15(12-24-19)10-18(23)22(2)11-16-8-9-17(20)25-16/h4-9,12H,3,10-11H2,1-2H3. The maximum Gasteiger partial charge on any atom is 0.228 e. The number of aromatic nitrogens is 1. The van der Waals surface area contributed by atoms with Crippen molar-refractivity contribution in [1.29, 1.82) is 0 Å². The lowest BCUT2D eigenvalue weighted by Gasteiger charge is -2.15. The van der Waals surface area contributed by atoms with Crippen LogP contribution in [0.25, 0.3) is 10.6 Å². The van der Waals surface area contributed by atoms with Crippen LogP contribution >= 0.6 is 38.6 Å². The minimum Gasteiger partial charge on any atom is -0.340 e. The van der Waals surface area contributed by atoms with Crippen molar-refractivity contribution in [2.24, 2.45) is 0 Å². The lowest BCUT2D eigenvalue weighted by molar-refractivity contribution is -0.129. The summed E-state index contributed by atoms with van der Waals surface area (Å²) in [5, 5.41) is 2.95. The first-order valence-corrected chi connectivity index (χ1v) is 10.6. The first-order chi connectivity index (χ1) is 12.0. The summed E-state index contributed by atoms with van der Waals surface area (Å²) in [5.74, 6) is 0.0858. The molecule has 0 bridgehead atoms. The van der Waals surface area contributed by atoms with Gasteiger partial charge in [-0.1, -0.05) is 31.2 Å². The SMILES string of the molecule is CCc1ccc(-c2nc(CC(=O)N(C)Cc3ccc(Br)s3)cs2)cc1. The molecule has 0 radical (unpaired) electrons. The van der Waals surface area contributed by atoms with E-state index in [0.717, 1.165) is 31.3 Å². The molecule has 3 aromatic rings. The molecule has 0 saturated carbocycles. The molecule has 0 saturated heterocycles. The van der Waals surface area contributed by atoms with Gasteiger partial charge in [0.1, 0.15) is 5.01 Å². The summed E-state index contributed by atoms with van der Waals surface area (Å²) in [4.78, 5) is 20.0. The molecule has 0 N–H and O–H groups in total. The third-order valence-electron chi connectivity index (χ3n) is 3.94. The van der Waals surface area contributed by atoms with Crippen LogP contribution in [-0.2, 0) is 24.2 Å². The van der Waals surface area contributed by atoms with Crippen molar-refractivity contribution in [2.75, 3.05) is 7.05 Å². The van der Waals surface area contributed by atoms with Gasteiger partial charge in [0.2, 0.25) is 5.91 Å². The fourth-order valence-corrected chi connectivity index (χ4v) is 4.81. The Morgan fingerprint density at radius 2 is 1.96 bits per heavy atom. The van der Waals surface area contributed by atoms with Gasteiger partial charge in [-0.25, -0.2) is 4.98 Å². The van der Waals surface area contributed by atoms with E-state index in [1.54, 1.807) is 27.6 Å². The molecule has 0 aliphatic carbocycles. The minimum atomic E-state index is 0.0858. The molecule has 25 heavy (non-hydrogen) atoms. The van der Waals surface area contributed by atoms with Crippen LogP contribution in [0.2, 0.25) is 0 Å². The largest absolute Gasteiger partial charge is 0.340 e. The van der Waals surface area contributed by atoms with E-state index in [-0.39, 0.29) is 5.91 Å². The average Bonchev–Trinajstić information content (AvgIpc) is 3.24. The number of thiophene rings is 1. The smallest absolute Gasteiger partial charge is 0.228 e. The molecule has 0 fully saturated rings. The van der Waals surface area contributed by atoms with E-state index in [0.29, 0.717) is 13.0 Å². The van der Waals surface area contributed by atoms with Crippen LogP contribution in [0.5, 0.6) is 0 Å². The van der Waals surface area contributed by atoms with Crippen molar-refractivity contribution in [3.8, 4) is 10.6 Å². The van der Waals surface area contributed by atoms with Crippen molar-refractivity contribution in [1.82, 2.24) is 9.88 Å². The molecular formula is C19H19BrN2OS2. The number of amides is 1. The van der Waals surface area contributed by atoms with Gasteiger partial charge in [-0.2, -0.15) is 0 Å². The molecule has 3 rings (SSSR count). The number of nitrogens with zero attached hydrogens (tertiary/aromatic N) is 2. The molecular weight excluding hydrogens is 416 g/mol. The highest BCUT2D eigenvalue weighted by Crippen LogP contribution is 2.25. The molecule has 0 unspecified atom stereocenters. The van der Waals surface area contributed by atoms with Crippen molar-refractivity contribution < 1.29 is 4.79 Å². The summed E-state index contributed by atoms with van der Waals surface area (Å²) >= 11 is 6.70. The first kappa shape index (κ1) is 18.3. The van der Waals surface area contributed by atoms with Crippen LogP contribution in [0.3, 0.4) is 0 Å². The summed E-state index contributed by atoms with van der Waals surface area (Å²) in [6.45, 7) is 2.78. The Morgan fingerprint density at radius 1 is 1.20 bits per heavy atom. The maximum absolute atomic E-state index is 12.4. The van der Waals surface area contributed by atoms with Crippen molar-refractivity contribution in [3.05, 3.63) is 61.7 Å². The van der Waals surface area contributed by atoms with Crippen LogP contribution in [0.1, 0.15) is 23.1 Å². The molecule has 2 aromatic heterocycles. The molecule has 0 spiro atoms. The second-order valence-corrected chi connectivity index (χ2v) is 9.23. The summed E-state index contributed by atoms with van der Waals surface area (Å²) in [5.41, 5.74) is 3.26. The topological polar surface area (TPSA) is 33.2 Å². The third-order valence-corrected chi connectivity index (χ3v) is 6.49. The van der Waals surface area contributed by atoms with Gasteiger partial charge in [0, 0.05) is 22.9 Å². The predicted octanol–water partition coefficient (Wildman–Crippen LogP) is 5.40. The predicted molar refractivity (Wildman–Crippen MR) is 109 cm³/mol. The van der Waals surface area contributed by atoms with Crippen molar-refractivity contribution in [2.45, 2.75) is 26.3 Å². The van der Waals surface area contributed by atoms with Gasteiger partial charge in [-0.3, -0.25) is 4.79 Å². The van der Waals surface area contributed by atoms with Gasteiger partial charge >= 0.3 is 0 Å². The highest BCUT2D eigenvalue weighted by atomic mass is 79.9. The average molecular weight is 435 g/mol. The zero-order valence-corrected chi connectivity index (χ0v) is 17.4. The molecule has 1 aromatic carbocycles. The Morgan fingerprint density at radius 3 is 2.60 bits per heavy atom. The summed E-state index contributed by atoms with van der Waals surface area (Å²) in [7, 11) is 1.84. The number of hydrogen-bond donors (Lipinski definition) is 0. The zero-order valence-electron chi connectivity index (χ0n) is 14.2. The number of hydrogen-bond acceptors (Lipinski definition) is 4. The Balaban J connectivity index is 1.62. The fraction of sp³-hybridized carbons (Fsp3) is 0.263. The van der Waals surface area contributed by atoms with Crippen LogP contribution < -0.4 is 0 Å². The van der Waals surface area contributed by atoms with E-state index in [2.05, 4.69) is 52.1 Å². The van der Waals surface area contributed by atoms with Gasteiger partial charge in [-0.05, 0) is 40.0 Å². The summed E-state index contributed by atoms with van der Waals surface area (Å²) in [6, 6.07) is 12.5. The fourth-order valence-electron chi connectivity index (χ4n) is 2.45. The van der Waals surface area contributed by atoms with Crippen molar-refractivity contribution in [3.63, 3.8) is 0 Å². The number of likely N-dealkylation sites (N-methyl/N-ethyl adjacent to an activating group) is 1. The summed E-state index contributed by atoms with van der Waals surface area (Å²) < 4.78 is 1.08. The van der Waals surface area contributed by atoms with Gasteiger partial charge in [0.15, 0.2) is 0 Å². The molecule has 1 amide bonds. The number of benzene rings is 1. The van der Waals surface area contributed by atoms with E-state index in [1.165, 1.54) is 5.56 Å². The van der Waals surface area contributed by atoms with Gasteiger partial charge in [0.25, 0.3) is 0 Å². The minimum absolute atomic E-state index is 0.0858. The molecule has 130 valence electrons. The molecule has 2 heterocycles. The second kappa shape index (κ2) is 8.25. The number of carbonyl (C=O) groups is 1. The molecule has 3 nitrogen and oxygen atoms in total. The highest BCUT2D eigenvalue weighted by Gasteiger charge is 2.14. The van der Waals surface area contributed by atoms with Gasteiger partial charge in [0.05, 0.1) is 22.4 Å². The Kier molecular flexibility index (Phi) is 6.04. The van der Waals surface area contributed by atoms with Crippen LogP contribution in [0.15, 0.2) is 45.6 Å². The van der Waals surface area contributed by atoms with Crippen LogP contribution in [0.4, 0.5) is 0 Å². The van der Waals surface area contributed by atoms with E-state index < -0.39 is 0 Å². The lowest BCUT2D eigenvalue weighted by atomic mass is 10.1. The molecule has 0 aliphatic heterocycles.